The SMILES string of the molecule is COc1cc2c(cc1OC)[C@H](CC(=O)O)N(CC(=O)Nc1cccc3ccccc13)CC2. The third-order valence-corrected chi connectivity index (χ3v) is 5.89. The van der Waals surface area contributed by atoms with Crippen LogP contribution in [0.1, 0.15) is 23.6 Å². The lowest BCUT2D eigenvalue weighted by atomic mass is 9.90. The predicted octanol–water partition coefficient (Wildman–Crippen LogP) is 3.87. The third kappa shape index (κ3) is 4.38. The van der Waals surface area contributed by atoms with Crippen LogP contribution in [0.4, 0.5) is 5.69 Å². The molecule has 3 aromatic rings. The van der Waals surface area contributed by atoms with Gasteiger partial charge in [-0.05, 0) is 41.1 Å². The smallest absolute Gasteiger partial charge is 0.305 e. The van der Waals surface area contributed by atoms with E-state index in [1.165, 1.54) is 0 Å². The summed E-state index contributed by atoms with van der Waals surface area (Å²) in [6.07, 6.45) is 0.581. The molecular formula is C25H26N2O5. The molecule has 32 heavy (non-hydrogen) atoms. The van der Waals surface area contributed by atoms with Crippen LogP contribution in [0.3, 0.4) is 0 Å². The van der Waals surface area contributed by atoms with Crippen LogP contribution < -0.4 is 14.8 Å². The van der Waals surface area contributed by atoms with Gasteiger partial charge in [-0.2, -0.15) is 0 Å². The molecular weight excluding hydrogens is 408 g/mol. The summed E-state index contributed by atoms with van der Waals surface area (Å²) in [7, 11) is 3.13. The van der Waals surface area contributed by atoms with Crippen molar-refractivity contribution in [2.75, 3.05) is 32.6 Å². The van der Waals surface area contributed by atoms with Crippen molar-refractivity contribution in [1.29, 1.82) is 0 Å². The van der Waals surface area contributed by atoms with Gasteiger partial charge < -0.3 is 19.9 Å². The minimum Gasteiger partial charge on any atom is -0.493 e. The number of methoxy groups -OCH3 is 2. The van der Waals surface area contributed by atoms with Gasteiger partial charge in [0.1, 0.15) is 0 Å². The van der Waals surface area contributed by atoms with Gasteiger partial charge in [0.25, 0.3) is 0 Å². The molecule has 1 amide bonds. The minimum atomic E-state index is -0.919. The maximum absolute atomic E-state index is 12.9. The number of amides is 1. The van der Waals surface area contributed by atoms with Gasteiger partial charge in [0.05, 0.1) is 27.2 Å². The Morgan fingerprint density at radius 1 is 1.06 bits per heavy atom. The van der Waals surface area contributed by atoms with Crippen LogP contribution in [0.2, 0.25) is 0 Å². The molecule has 0 saturated heterocycles. The number of carboxylic acids is 1. The maximum atomic E-state index is 12.9. The minimum absolute atomic E-state index is 0.0922. The van der Waals surface area contributed by atoms with Crippen LogP contribution in [0.15, 0.2) is 54.6 Å². The molecule has 3 aromatic carbocycles. The second-order valence-electron chi connectivity index (χ2n) is 7.82. The standard InChI is InChI=1S/C25H26N2O5/c1-31-22-12-17-10-11-27(21(14-25(29)30)19(17)13-23(22)32-2)15-24(28)26-20-9-5-7-16-6-3-4-8-18(16)20/h3-9,12-13,21H,10-11,14-15H2,1-2H3,(H,26,28)(H,29,30)/t21-/m0/s1. The van der Waals surface area contributed by atoms with Gasteiger partial charge in [-0.1, -0.05) is 36.4 Å². The van der Waals surface area contributed by atoms with E-state index >= 15 is 0 Å². The van der Waals surface area contributed by atoms with Crippen LogP contribution >= 0.6 is 0 Å². The number of carbonyl (C=O) groups is 2. The van der Waals surface area contributed by atoms with Crippen molar-refractivity contribution < 1.29 is 24.2 Å². The van der Waals surface area contributed by atoms with E-state index in [2.05, 4.69) is 5.32 Å². The number of carboxylic acid groups (broad SMARTS) is 1. The Bertz CT molecular complexity index is 1160. The highest BCUT2D eigenvalue weighted by Gasteiger charge is 2.32. The lowest BCUT2D eigenvalue weighted by molar-refractivity contribution is -0.139. The Balaban J connectivity index is 1.58. The number of hydrogen-bond acceptors (Lipinski definition) is 5. The van der Waals surface area contributed by atoms with E-state index in [1.807, 2.05) is 59.5 Å². The Hall–Kier alpha value is -3.58. The van der Waals surface area contributed by atoms with Crippen molar-refractivity contribution in [2.45, 2.75) is 18.9 Å². The zero-order valence-corrected chi connectivity index (χ0v) is 18.1. The number of nitrogens with one attached hydrogen (secondary N) is 1. The van der Waals surface area contributed by atoms with Gasteiger partial charge in [-0.25, -0.2) is 0 Å². The van der Waals surface area contributed by atoms with Crippen molar-refractivity contribution in [3.05, 3.63) is 65.7 Å². The molecule has 7 nitrogen and oxygen atoms in total. The highest BCUT2D eigenvalue weighted by atomic mass is 16.5. The average molecular weight is 434 g/mol. The van der Waals surface area contributed by atoms with Crippen LogP contribution in [-0.4, -0.2) is 49.2 Å². The highest BCUT2D eigenvalue weighted by molar-refractivity contribution is 6.02. The van der Waals surface area contributed by atoms with Gasteiger partial charge in [0.15, 0.2) is 11.5 Å². The second kappa shape index (κ2) is 9.28. The summed E-state index contributed by atoms with van der Waals surface area (Å²) in [6, 6.07) is 16.9. The number of ether oxygens (including phenoxy) is 2. The Morgan fingerprint density at radius 3 is 2.53 bits per heavy atom. The van der Waals surface area contributed by atoms with E-state index in [9.17, 15) is 14.7 Å². The molecule has 4 rings (SSSR count). The van der Waals surface area contributed by atoms with E-state index in [0.29, 0.717) is 24.5 Å². The number of aliphatic carboxylic acids is 1. The molecule has 0 saturated carbocycles. The molecule has 0 aromatic heterocycles. The van der Waals surface area contributed by atoms with E-state index < -0.39 is 12.0 Å². The first-order chi connectivity index (χ1) is 15.5. The molecule has 0 bridgehead atoms. The van der Waals surface area contributed by atoms with E-state index in [1.54, 1.807) is 14.2 Å². The van der Waals surface area contributed by atoms with Gasteiger partial charge in [-0.3, -0.25) is 14.5 Å². The van der Waals surface area contributed by atoms with Crippen LogP contribution in [-0.2, 0) is 16.0 Å². The Labute approximate surface area is 186 Å². The highest BCUT2D eigenvalue weighted by Crippen LogP contribution is 2.39. The average Bonchev–Trinajstić information content (AvgIpc) is 2.79. The fraction of sp³-hybridized carbons (Fsp3) is 0.280. The van der Waals surface area contributed by atoms with Crippen LogP contribution in [0, 0.1) is 0 Å². The molecule has 166 valence electrons. The van der Waals surface area contributed by atoms with Gasteiger partial charge >= 0.3 is 5.97 Å². The number of rotatable bonds is 7. The van der Waals surface area contributed by atoms with Crippen LogP contribution in [0.5, 0.6) is 11.5 Å². The van der Waals surface area contributed by atoms with Crippen molar-refractivity contribution in [1.82, 2.24) is 4.90 Å². The molecule has 0 fully saturated rings. The van der Waals surface area contributed by atoms with Crippen molar-refractivity contribution in [3.63, 3.8) is 0 Å². The summed E-state index contributed by atoms with van der Waals surface area (Å²) in [6.45, 7) is 0.665. The summed E-state index contributed by atoms with van der Waals surface area (Å²) in [5, 5.41) is 14.5. The molecule has 0 aliphatic carbocycles. The first-order valence-corrected chi connectivity index (χ1v) is 10.5. The molecule has 1 atom stereocenters. The number of hydrogen-bond donors (Lipinski definition) is 2. The fourth-order valence-electron chi connectivity index (χ4n) is 4.38. The van der Waals surface area contributed by atoms with Gasteiger partial charge in [0, 0.05) is 23.7 Å². The Kier molecular flexibility index (Phi) is 6.28. The molecule has 0 spiro atoms. The van der Waals surface area contributed by atoms with Gasteiger partial charge in [0.2, 0.25) is 5.91 Å². The number of nitrogens with zero attached hydrogens (tertiary/aromatic N) is 1. The summed E-state index contributed by atoms with van der Waals surface area (Å²) in [5.74, 6) is 0.0592. The summed E-state index contributed by atoms with van der Waals surface area (Å²) in [5.41, 5.74) is 2.61. The van der Waals surface area contributed by atoms with E-state index in [-0.39, 0.29) is 18.9 Å². The number of carbonyl (C=O) groups excluding carboxylic acids is 1. The second-order valence-corrected chi connectivity index (χ2v) is 7.82. The van der Waals surface area contributed by atoms with Crippen molar-refractivity contribution >= 4 is 28.3 Å². The lowest BCUT2D eigenvalue weighted by Crippen LogP contribution is -2.41. The topological polar surface area (TPSA) is 88.1 Å². The summed E-state index contributed by atoms with van der Waals surface area (Å²) < 4.78 is 10.8. The maximum Gasteiger partial charge on any atom is 0.305 e. The molecule has 0 radical (unpaired) electrons. The van der Waals surface area contributed by atoms with Crippen molar-refractivity contribution in [2.24, 2.45) is 0 Å². The van der Waals surface area contributed by atoms with E-state index in [4.69, 9.17) is 9.47 Å². The zero-order valence-electron chi connectivity index (χ0n) is 18.1. The molecule has 1 aliphatic rings. The number of fused-ring (bicyclic) bond motifs is 2. The fourth-order valence-corrected chi connectivity index (χ4v) is 4.38. The molecule has 2 N–H and O–H groups in total. The predicted molar refractivity (Wildman–Crippen MR) is 122 cm³/mol. The number of anilines is 1. The first-order valence-electron chi connectivity index (χ1n) is 10.5. The quantitative estimate of drug-likeness (QED) is 0.587. The molecule has 1 heterocycles. The molecule has 0 unspecified atom stereocenters. The lowest BCUT2D eigenvalue weighted by Gasteiger charge is -2.36. The monoisotopic (exact) mass is 434 g/mol. The first kappa shape index (κ1) is 21.6. The van der Waals surface area contributed by atoms with E-state index in [0.717, 1.165) is 27.6 Å². The summed E-state index contributed by atoms with van der Waals surface area (Å²) in [4.78, 5) is 26.5. The molecule has 7 heteroatoms. The third-order valence-electron chi connectivity index (χ3n) is 5.89. The van der Waals surface area contributed by atoms with Crippen molar-refractivity contribution in [3.8, 4) is 11.5 Å². The largest absolute Gasteiger partial charge is 0.493 e. The normalized spacial score (nSPS) is 15.8. The molecule has 1 aliphatic heterocycles. The Morgan fingerprint density at radius 2 is 1.78 bits per heavy atom. The van der Waals surface area contributed by atoms with Crippen LogP contribution in [0.25, 0.3) is 10.8 Å². The summed E-state index contributed by atoms with van der Waals surface area (Å²) >= 11 is 0. The van der Waals surface area contributed by atoms with Gasteiger partial charge in [-0.15, -0.1) is 0 Å². The zero-order chi connectivity index (χ0) is 22.7. The number of benzene rings is 3.